The highest BCUT2D eigenvalue weighted by Crippen LogP contribution is 2.18. The fourth-order valence-electron chi connectivity index (χ4n) is 1.80. The Kier molecular flexibility index (Phi) is 3.29. The smallest absolute Gasteiger partial charge is 0.241 e. The van der Waals surface area contributed by atoms with Crippen molar-refractivity contribution in [2.24, 2.45) is 0 Å². The van der Waals surface area contributed by atoms with E-state index in [0.29, 0.717) is 11.7 Å². The molecule has 1 aliphatic heterocycles. The third-order valence-electron chi connectivity index (χ3n) is 2.75. The maximum absolute atomic E-state index is 11.7. The summed E-state index contributed by atoms with van der Waals surface area (Å²) in [6.07, 6.45) is 2.64. The molecule has 0 saturated carbocycles. The summed E-state index contributed by atoms with van der Waals surface area (Å²) in [4.78, 5) is 19.5. The summed E-state index contributed by atoms with van der Waals surface area (Å²) >= 11 is 5.84. The van der Waals surface area contributed by atoms with E-state index < -0.39 is 0 Å². The SMILES string of the molecule is CN1CCCN(c2ccnc(Cl)c2)CC1=O. The Bertz CT molecular complexity index is 397. The Morgan fingerprint density at radius 2 is 2.25 bits per heavy atom. The van der Waals surface area contributed by atoms with Gasteiger partial charge in [0.25, 0.3) is 0 Å². The second kappa shape index (κ2) is 4.70. The first kappa shape index (κ1) is 11.2. The van der Waals surface area contributed by atoms with Gasteiger partial charge in [0.1, 0.15) is 5.15 Å². The largest absolute Gasteiger partial charge is 0.362 e. The topological polar surface area (TPSA) is 36.4 Å². The van der Waals surface area contributed by atoms with E-state index >= 15 is 0 Å². The molecule has 0 spiro atoms. The molecule has 0 radical (unpaired) electrons. The van der Waals surface area contributed by atoms with E-state index in [-0.39, 0.29) is 5.91 Å². The van der Waals surface area contributed by atoms with Crippen LogP contribution >= 0.6 is 11.6 Å². The van der Waals surface area contributed by atoms with Gasteiger partial charge in [-0.15, -0.1) is 0 Å². The molecular weight excluding hydrogens is 226 g/mol. The van der Waals surface area contributed by atoms with Crippen LogP contribution in [-0.4, -0.2) is 42.5 Å². The fourth-order valence-corrected chi connectivity index (χ4v) is 1.96. The highest BCUT2D eigenvalue weighted by atomic mass is 35.5. The average molecular weight is 240 g/mol. The Balaban J connectivity index is 2.18. The minimum absolute atomic E-state index is 0.144. The molecule has 16 heavy (non-hydrogen) atoms. The van der Waals surface area contributed by atoms with Crippen molar-refractivity contribution < 1.29 is 4.79 Å². The van der Waals surface area contributed by atoms with Crippen LogP contribution in [0.3, 0.4) is 0 Å². The van der Waals surface area contributed by atoms with Gasteiger partial charge in [0.05, 0.1) is 6.54 Å². The van der Waals surface area contributed by atoms with Crippen molar-refractivity contribution >= 4 is 23.2 Å². The highest BCUT2D eigenvalue weighted by Gasteiger charge is 2.19. The van der Waals surface area contributed by atoms with Gasteiger partial charge in [0, 0.05) is 32.0 Å². The number of hydrogen-bond donors (Lipinski definition) is 0. The van der Waals surface area contributed by atoms with Gasteiger partial charge in [-0.05, 0) is 18.6 Å². The van der Waals surface area contributed by atoms with E-state index in [1.807, 2.05) is 18.0 Å². The first-order valence-corrected chi connectivity index (χ1v) is 5.65. The molecule has 1 amide bonds. The molecule has 1 fully saturated rings. The first-order valence-electron chi connectivity index (χ1n) is 5.27. The van der Waals surface area contributed by atoms with Crippen molar-refractivity contribution in [1.29, 1.82) is 0 Å². The van der Waals surface area contributed by atoms with Crippen molar-refractivity contribution in [1.82, 2.24) is 9.88 Å². The normalized spacial score (nSPS) is 17.5. The molecule has 0 unspecified atom stereocenters. The molecule has 1 aromatic rings. The molecule has 5 heteroatoms. The third-order valence-corrected chi connectivity index (χ3v) is 2.96. The minimum Gasteiger partial charge on any atom is -0.362 e. The number of carbonyl (C=O) groups is 1. The van der Waals surface area contributed by atoms with Crippen molar-refractivity contribution in [2.45, 2.75) is 6.42 Å². The first-order chi connectivity index (χ1) is 7.66. The Hall–Kier alpha value is -1.29. The summed E-state index contributed by atoms with van der Waals surface area (Å²) in [7, 11) is 1.84. The van der Waals surface area contributed by atoms with Gasteiger partial charge >= 0.3 is 0 Å². The van der Waals surface area contributed by atoms with Crippen LogP contribution in [0.2, 0.25) is 5.15 Å². The van der Waals surface area contributed by atoms with E-state index in [1.165, 1.54) is 0 Å². The van der Waals surface area contributed by atoms with Crippen LogP contribution in [0, 0.1) is 0 Å². The molecule has 1 aliphatic rings. The lowest BCUT2D eigenvalue weighted by molar-refractivity contribution is -0.127. The number of nitrogens with zero attached hydrogens (tertiary/aromatic N) is 3. The summed E-state index contributed by atoms with van der Waals surface area (Å²) in [5.74, 6) is 0.144. The number of pyridine rings is 1. The van der Waals surface area contributed by atoms with Gasteiger partial charge in [-0.25, -0.2) is 4.98 Å². The number of carbonyl (C=O) groups excluding carboxylic acids is 1. The lowest BCUT2D eigenvalue weighted by atomic mass is 10.3. The van der Waals surface area contributed by atoms with Gasteiger partial charge in [-0.1, -0.05) is 11.6 Å². The Morgan fingerprint density at radius 3 is 3.00 bits per heavy atom. The molecule has 0 aliphatic carbocycles. The zero-order valence-corrected chi connectivity index (χ0v) is 9.94. The molecule has 0 aromatic carbocycles. The summed E-state index contributed by atoms with van der Waals surface area (Å²) in [5.41, 5.74) is 0.962. The molecule has 1 saturated heterocycles. The van der Waals surface area contributed by atoms with Gasteiger partial charge < -0.3 is 9.80 Å². The molecule has 2 heterocycles. The molecule has 0 bridgehead atoms. The van der Waals surface area contributed by atoms with Gasteiger partial charge in [0.15, 0.2) is 0 Å². The third kappa shape index (κ3) is 2.44. The van der Waals surface area contributed by atoms with Crippen LogP contribution in [0.15, 0.2) is 18.3 Å². The van der Waals surface area contributed by atoms with Gasteiger partial charge in [-0.2, -0.15) is 0 Å². The predicted octanol–water partition coefficient (Wildman–Crippen LogP) is 1.40. The summed E-state index contributed by atoms with van der Waals surface area (Å²) in [6, 6.07) is 3.67. The zero-order valence-electron chi connectivity index (χ0n) is 9.19. The van der Waals surface area contributed by atoms with Crippen molar-refractivity contribution in [3.8, 4) is 0 Å². The van der Waals surface area contributed by atoms with E-state index in [4.69, 9.17) is 11.6 Å². The van der Waals surface area contributed by atoms with E-state index in [2.05, 4.69) is 4.98 Å². The van der Waals surface area contributed by atoms with Crippen LogP contribution in [0.5, 0.6) is 0 Å². The summed E-state index contributed by atoms with van der Waals surface area (Å²) in [5, 5.41) is 0.461. The van der Waals surface area contributed by atoms with Gasteiger partial charge in [0.2, 0.25) is 5.91 Å². The number of likely N-dealkylation sites (N-methyl/N-ethyl adjacent to an activating group) is 1. The van der Waals surface area contributed by atoms with Crippen molar-refractivity contribution in [2.75, 3.05) is 31.6 Å². The van der Waals surface area contributed by atoms with Crippen LogP contribution < -0.4 is 4.90 Å². The van der Waals surface area contributed by atoms with Crippen molar-refractivity contribution in [3.63, 3.8) is 0 Å². The van der Waals surface area contributed by atoms with Crippen molar-refractivity contribution in [3.05, 3.63) is 23.5 Å². The Morgan fingerprint density at radius 1 is 1.44 bits per heavy atom. The molecule has 2 rings (SSSR count). The van der Waals surface area contributed by atoms with Gasteiger partial charge in [-0.3, -0.25) is 4.79 Å². The summed E-state index contributed by atoms with van der Waals surface area (Å²) in [6.45, 7) is 2.10. The lowest BCUT2D eigenvalue weighted by Crippen LogP contribution is -2.34. The quantitative estimate of drug-likeness (QED) is 0.696. The molecular formula is C11H14ClN3O. The predicted molar refractivity (Wildman–Crippen MR) is 63.7 cm³/mol. The maximum Gasteiger partial charge on any atom is 0.241 e. The van der Waals surface area contributed by atoms with E-state index in [9.17, 15) is 4.79 Å². The number of anilines is 1. The van der Waals surface area contributed by atoms with Crippen LogP contribution in [0.25, 0.3) is 0 Å². The number of rotatable bonds is 1. The zero-order chi connectivity index (χ0) is 11.5. The second-order valence-electron chi connectivity index (χ2n) is 3.93. The Labute approximate surface area is 99.8 Å². The van der Waals surface area contributed by atoms with Crippen LogP contribution in [-0.2, 0) is 4.79 Å². The molecule has 86 valence electrons. The maximum atomic E-state index is 11.7. The molecule has 0 N–H and O–H groups in total. The summed E-state index contributed by atoms with van der Waals surface area (Å²) < 4.78 is 0. The molecule has 0 atom stereocenters. The van der Waals surface area contributed by atoms with E-state index in [1.54, 1.807) is 17.2 Å². The standard InChI is InChI=1S/C11H14ClN3O/c1-14-5-2-6-15(8-11(14)16)9-3-4-13-10(12)7-9/h3-4,7H,2,5-6,8H2,1H3. The van der Waals surface area contributed by atoms with E-state index in [0.717, 1.165) is 25.2 Å². The number of amides is 1. The lowest BCUT2D eigenvalue weighted by Gasteiger charge is -2.21. The van der Waals surface area contributed by atoms with Crippen LogP contribution in [0.1, 0.15) is 6.42 Å². The fraction of sp³-hybridized carbons (Fsp3) is 0.455. The molecule has 1 aromatic heterocycles. The van der Waals surface area contributed by atoms with Crippen LogP contribution in [0.4, 0.5) is 5.69 Å². The second-order valence-corrected chi connectivity index (χ2v) is 4.31. The average Bonchev–Trinajstić information content (AvgIpc) is 2.42. The minimum atomic E-state index is 0.144. The number of aromatic nitrogens is 1. The number of halogens is 1. The number of hydrogen-bond acceptors (Lipinski definition) is 3. The monoisotopic (exact) mass is 239 g/mol. The highest BCUT2D eigenvalue weighted by molar-refractivity contribution is 6.29. The molecule has 4 nitrogen and oxygen atoms in total.